The number of nitrogens with zero attached hydrogens (tertiary/aromatic N) is 4. The third-order valence-electron chi connectivity index (χ3n) is 3.36. The summed E-state index contributed by atoms with van der Waals surface area (Å²) < 4.78 is 1.91. The zero-order chi connectivity index (χ0) is 15.3. The molecule has 0 spiro atoms. The molecule has 110 valence electrons. The zero-order valence-corrected chi connectivity index (χ0v) is 13.9. The van der Waals surface area contributed by atoms with Gasteiger partial charge in [0.05, 0.1) is 6.20 Å². The predicted octanol–water partition coefficient (Wildman–Crippen LogP) is 3.84. The number of hydrogen-bond acceptors (Lipinski definition) is 3. The van der Waals surface area contributed by atoms with Crippen LogP contribution >= 0.6 is 0 Å². The minimum absolute atomic E-state index is 0.0680. The first-order valence-corrected chi connectivity index (χ1v) is 7.28. The van der Waals surface area contributed by atoms with E-state index in [2.05, 4.69) is 60.5 Å². The maximum Gasteiger partial charge on any atom is 0.162 e. The Morgan fingerprint density at radius 1 is 0.950 bits per heavy atom. The molecule has 20 heavy (non-hydrogen) atoms. The van der Waals surface area contributed by atoms with Crippen LogP contribution in [0.5, 0.6) is 0 Å². The standard InChI is InChI=1S/C16H26N4/c1-10(2)11-9-17-20-12(11)18-13(15(3,4)5)19-14(20)16(6,7)8/h9-10H,1-8H3. The summed E-state index contributed by atoms with van der Waals surface area (Å²) >= 11 is 0. The molecular weight excluding hydrogens is 248 g/mol. The second-order valence-electron chi connectivity index (χ2n) is 7.86. The van der Waals surface area contributed by atoms with Crippen LogP contribution < -0.4 is 0 Å². The molecule has 4 nitrogen and oxygen atoms in total. The van der Waals surface area contributed by atoms with Crippen LogP contribution in [-0.2, 0) is 10.8 Å². The Balaban J connectivity index is 2.84. The highest BCUT2D eigenvalue weighted by Gasteiger charge is 2.27. The molecule has 0 aliphatic carbocycles. The van der Waals surface area contributed by atoms with Gasteiger partial charge in [0.2, 0.25) is 0 Å². The van der Waals surface area contributed by atoms with Crippen LogP contribution in [0.25, 0.3) is 5.65 Å². The van der Waals surface area contributed by atoms with Crippen molar-refractivity contribution in [2.75, 3.05) is 0 Å². The van der Waals surface area contributed by atoms with Crippen molar-refractivity contribution >= 4 is 5.65 Å². The molecule has 0 N–H and O–H groups in total. The van der Waals surface area contributed by atoms with Crippen molar-refractivity contribution in [1.82, 2.24) is 19.6 Å². The highest BCUT2D eigenvalue weighted by Crippen LogP contribution is 2.28. The van der Waals surface area contributed by atoms with Gasteiger partial charge in [-0.05, 0) is 5.92 Å². The second kappa shape index (κ2) is 4.54. The minimum Gasteiger partial charge on any atom is -0.217 e. The highest BCUT2D eigenvalue weighted by atomic mass is 15.3. The number of aromatic nitrogens is 4. The fraction of sp³-hybridized carbons (Fsp3) is 0.688. The topological polar surface area (TPSA) is 43.1 Å². The van der Waals surface area contributed by atoms with E-state index in [1.165, 1.54) is 5.56 Å². The minimum atomic E-state index is -0.0692. The summed E-state index contributed by atoms with van der Waals surface area (Å²) in [4.78, 5) is 9.60. The van der Waals surface area contributed by atoms with Crippen LogP contribution in [0, 0.1) is 0 Å². The summed E-state index contributed by atoms with van der Waals surface area (Å²) in [6.45, 7) is 17.3. The molecule has 0 radical (unpaired) electrons. The Labute approximate surface area is 121 Å². The van der Waals surface area contributed by atoms with Gasteiger partial charge >= 0.3 is 0 Å². The van der Waals surface area contributed by atoms with Gasteiger partial charge in [-0.1, -0.05) is 55.4 Å². The van der Waals surface area contributed by atoms with E-state index in [4.69, 9.17) is 9.97 Å². The van der Waals surface area contributed by atoms with Crippen LogP contribution in [0.15, 0.2) is 6.20 Å². The first-order valence-electron chi connectivity index (χ1n) is 7.28. The van der Waals surface area contributed by atoms with Crippen LogP contribution in [0.2, 0.25) is 0 Å². The van der Waals surface area contributed by atoms with Gasteiger partial charge in [-0.3, -0.25) is 0 Å². The monoisotopic (exact) mass is 274 g/mol. The van der Waals surface area contributed by atoms with Crippen molar-refractivity contribution in [3.05, 3.63) is 23.4 Å². The molecule has 2 aromatic rings. The maximum absolute atomic E-state index is 4.81. The Hall–Kier alpha value is -1.45. The van der Waals surface area contributed by atoms with Crippen LogP contribution in [-0.4, -0.2) is 19.6 Å². The van der Waals surface area contributed by atoms with Gasteiger partial charge in [-0.2, -0.15) is 5.10 Å². The van der Waals surface area contributed by atoms with Crippen molar-refractivity contribution < 1.29 is 0 Å². The SMILES string of the molecule is CC(C)c1cnn2c(C(C)(C)C)nc(C(C)(C)C)nc12. The molecule has 0 fully saturated rings. The molecule has 4 heteroatoms. The van der Waals surface area contributed by atoms with Crippen molar-refractivity contribution in [2.24, 2.45) is 0 Å². The van der Waals surface area contributed by atoms with Gasteiger partial charge in [-0.25, -0.2) is 14.5 Å². The number of hydrogen-bond donors (Lipinski definition) is 0. The van der Waals surface area contributed by atoms with Gasteiger partial charge in [0.1, 0.15) is 11.6 Å². The van der Waals surface area contributed by atoms with Crippen LogP contribution in [0.4, 0.5) is 0 Å². The average molecular weight is 274 g/mol. The first kappa shape index (κ1) is 14.9. The molecule has 0 saturated carbocycles. The zero-order valence-electron chi connectivity index (χ0n) is 13.9. The van der Waals surface area contributed by atoms with Crippen LogP contribution in [0.1, 0.15) is 78.5 Å². The van der Waals surface area contributed by atoms with E-state index in [1.807, 2.05) is 10.7 Å². The van der Waals surface area contributed by atoms with E-state index < -0.39 is 0 Å². The van der Waals surface area contributed by atoms with Gasteiger partial charge in [-0.15, -0.1) is 0 Å². The van der Waals surface area contributed by atoms with E-state index >= 15 is 0 Å². The molecule has 0 atom stereocenters. The largest absolute Gasteiger partial charge is 0.217 e. The van der Waals surface area contributed by atoms with Crippen LogP contribution in [0.3, 0.4) is 0 Å². The summed E-state index contributed by atoms with van der Waals surface area (Å²) in [5, 5.41) is 4.52. The van der Waals surface area contributed by atoms with E-state index in [-0.39, 0.29) is 10.8 Å². The summed E-state index contributed by atoms with van der Waals surface area (Å²) in [5.41, 5.74) is 2.00. The van der Waals surface area contributed by atoms with E-state index in [0.29, 0.717) is 5.92 Å². The number of rotatable bonds is 1. The predicted molar refractivity (Wildman–Crippen MR) is 82.3 cm³/mol. The summed E-state index contributed by atoms with van der Waals surface area (Å²) in [7, 11) is 0. The molecule has 0 amide bonds. The molecule has 0 aliphatic heterocycles. The van der Waals surface area contributed by atoms with E-state index in [1.54, 1.807) is 0 Å². The lowest BCUT2D eigenvalue weighted by atomic mass is 9.93. The average Bonchev–Trinajstić information content (AvgIpc) is 2.68. The quantitative estimate of drug-likeness (QED) is 0.793. The Bertz CT molecular complexity index is 624. The molecule has 0 aromatic carbocycles. The van der Waals surface area contributed by atoms with Crippen molar-refractivity contribution in [3.63, 3.8) is 0 Å². The molecule has 0 bridgehead atoms. The lowest BCUT2D eigenvalue weighted by Gasteiger charge is -2.23. The first-order chi connectivity index (χ1) is 9.01. The smallest absolute Gasteiger partial charge is 0.162 e. The fourth-order valence-electron chi connectivity index (χ4n) is 2.12. The molecule has 0 aliphatic rings. The van der Waals surface area contributed by atoms with Gasteiger partial charge < -0.3 is 0 Å². The third kappa shape index (κ3) is 2.56. The fourth-order valence-corrected chi connectivity index (χ4v) is 2.12. The molecule has 0 saturated heterocycles. The maximum atomic E-state index is 4.81. The lowest BCUT2D eigenvalue weighted by molar-refractivity contribution is 0.484. The Kier molecular flexibility index (Phi) is 3.39. The van der Waals surface area contributed by atoms with Crippen molar-refractivity contribution in [2.45, 2.75) is 72.1 Å². The molecule has 2 aromatic heterocycles. The summed E-state index contributed by atoms with van der Waals surface area (Å²) in [5.74, 6) is 2.26. The number of fused-ring (bicyclic) bond motifs is 1. The second-order valence-corrected chi connectivity index (χ2v) is 7.86. The lowest BCUT2D eigenvalue weighted by Crippen LogP contribution is -2.25. The summed E-state index contributed by atoms with van der Waals surface area (Å²) in [6, 6.07) is 0. The molecule has 2 heterocycles. The summed E-state index contributed by atoms with van der Waals surface area (Å²) in [6.07, 6.45) is 1.93. The molecular formula is C16H26N4. The Morgan fingerprint density at radius 3 is 2.00 bits per heavy atom. The highest BCUT2D eigenvalue weighted by molar-refractivity contribution is 5.49. The normalized spacial score (nSPS) is 13.4. The van der Waals surface area contributed by atoms with Crippen molar-refractivity contribution in [3.8, 4) is 0 Å². The Morgan fingerprint density at radius 2 is 1.55 bits per heavy atom. The third-order valence-corrected chi connectivity index (χ3v) is 3.36. The van der Waals surface area contributed by atoms with E-state index in [0.717, 1.165) is 17.3 Å². The van der Waals surface area contributed by atoms with E-state index in [9.17, 15) is 0 Å². The molecule has 0 unspecified atom stereocenters. The van der Waals surface area contributed by atoms with Crippen molar-refractivity contribution in [1.29, 1.82) is 0 Å². The van der Waals surface area contributed by atoms with Gasteiger partial charge in [0, 0.05) is 16.4 Å². The molecule has 2 rings (SSSR count). The van der Waals surface area contributed by atoms with Gasteiger partial charge in [0.25, 0.3) is 0 Å². The van der Waals surface area contributed by atoms with Gasteiger partial charge in [0.15, 0.2) is 5.65 Å².